The molecule has 0 amide bonds. The van der Waals surface area contributed by atoms with Gasteiger partial charge in [-0.25, -0.2) is 0 Å². The van der Waals surface area contributed by atoms with Crippen LogP contribution in [0.5, 0.6) is 0 Å². The maximum absolute atomic E-state index is 4.95. The van der Waals surface area contributed by atoms with E-state index in [1.54, 1.807) is 0 Å². The predicted octanol–water partition coefficient (Wildman–Crippen LogP) is 11.0. The van der Waals surface area contributed by atoms with Crippen molar-refractivity contribution in [1.82, 2.24) is 0 Å². The van der Waals surface area contributed by atoms with Gasteiger partial charge in [0.15, 0.2) is 0 Å². The van der Waals surface area contributed by atoms with Gasteiger partial charge >= 0.3 is 0 Å². The molecule has 0 fully saturated rings. The molecule has 0 unspecified atom stereocenters. The summed E-state index contributed by atoms with van der Waals surface area (Å²) in [4.78, 5) is 9.59. The van der Waals surface area contributed by atoms with Crippen LogP contribution in [-0.2, 0) is 26.8 Å². The Hall–Kier alpha value is -1.56. The molecule has 2 aromatic carbocycles. The Kier molecular flexibility index (Phi) is 20.4. The Morgan fingerprint density at radius 2 is 1.17 bits per heavy atom. The molecule has 0 atom stereocenters. The summed E-state index contributed by atoms with van der Waals surface area (Å²) < 4.78 is 0. The molecular formula is C33H50N2Pd. The van der Waals surface area contributed by atoms with Gasteiger partial charge in [-0.05, 0) is 55.5 Å². The van der Waals surface area contributed by atoms with Crippen LogP contribution in [0.3, 0.4) is 0 Å². The van der Waals surface area contributed by atoms with Crippen molar-refractivity contribution in [1.29, 1.82) is 0 Å². The Morgan fingerprint density at radius 1 is 0.611 bits per heavy atom. The van der Waals surface area contributed by atoms with Gasteiger partial charge in [-0.15, -0.1) is 0 Å². The zero-order valence-electron chi connectivity index (χ0n) is 23.0. The number of hydrogen-bond acceptors (Lipinski definition) is 2. The molecular weight excluding hydrogens is 531 g/mol. The first-order chi connectivity index (χ1) is 17.3. The number of hydrogen-bond donors (Lipinski definition) is 0. The average molecular weight is 581 g/mol. The monoisotopic (exact) mass is 580 g/mol. The van der Waals surface area contributed by atoms with Crippen molar-refractivity contribution in [3.05, 3.63) is 60.2 Å². The predicted molar refractivity (Wildman–Crippen MR) is 157 cm³/mol. The van der Waals surface area contributed by atoms with Crippen molar-refractivity contribution in [2.45, 2.75) is 123 Å². The number of rotatable bonds is 20. The zero-order chi connectivity index (χ0) is 24.8. The maximum Gasteiger partial charge on any atom is 0.0636 e. The van der Waals surface area contributed by atoms with E-state index in [2.05, 4.69) is 43.1 Å². The number of benzene rings is 2. The Labute approximate surface area is 236 Å². The molecule has 3 heteroatoms. The second kappa shape index (κ2) is 22.6. The second-order valence-electron chi connectivity index (χ2n) is 9.96. The van der Waals surface area contributed by atoms with Crippen molar-refractivity contribution >= 4 is 23.3 Å². The molecule has 0 saturated carbocycles. The minimum atomic E-state index is 0. The SMILES string of the molecule is CCCCCCCCCCCCCCCc1cccc(N=C(C=Nc2ccccc2)CCCC)c1.[Pd]. The molecule has 202 valence electrons. The van der Waals surface area contributed by atoms with Gasteiger partial charge in [0, 0.05) is 26.6 Å². The molecule has 0 heterocycles. The number of para-hydroxylation sites is 1. The summed E-state index contributed by atoms with van der Waals surface area (Å²) in [6.45, 7) is 4.52. The van der Waals surface area contributed by atoms with Crippen LogP contribution in [0, 0.1) is 0 Å². The fourth-order valence-electron chi connectivity index (χ4n) is 4.46. The molecule has 0 aliphatic rings. The van der Waals surface area contributed by atoms with Crippen molar-refractivity contribution in [2.24, 2.45) is 9.98 Å². The van der Waals surface area contributed by atoms with Crippen LogP contribution in [-0.4, -0.2) is 11.9 Å². The van der Waals surface area contributed by atoms with Crippen LogP contribution >= 0.6 is 0 Å². The first kappa shape index (κ1) is 32.5. The fraction of sp³-hybridized carbons (Fsp3) is 0.576. The Morgan fingerprint density at radius 3 is 1.78 bits per heavy atom. The summed E-state index contributed by atoms with van der Waals surface area (Å²) >= 11 is 0. The largest absolute Gasteiger partial charge is 0.255 e. The normalized spacial score (nSPS) is 11.7. The first-order valence-electron chi connectivity index (χ1n) is 14.6. The Balaban J connectivity index is 0.00000648. The van der Waals surface area contributed by atoms with E-state index >= 15 is 0 Å². The van der Waals surface area contributed by atoms with Gasteiger partial charge in [0.2, 0.25) is 0 Å². The summed E-state index contributed by atoms with van der Waals surface area (Å²) in [7, 11) is 0. The van der Waals surface area contributed by atoms with Gasteiger partial charge in [-0.2, -0.15) is 0 Å². The molecule has 2 nitrogen and oxygen atoms in total. The van der Waals surface area contributed by atoms with Crippen molar-refractivity contribution in [2.75, 3.05) is 0 Å². The van der Waals surface area contributed by atoms with E-state index in [-0.39, 0.29) is 20.4 Å². The van der Waals surface area contributed by atoms with E-state index in [9.17, 15) is 0 Å². The quantitative estimate of drug-likeness (QED) is 0.0845. The smallest absolute Gasteiger partial charge is 0.0636 e. The van der Waals surface area contributed by atoms with Gasteiger partial charge in [0.05, 0.1) is 17.1 Å². The van der Waals surface area contributed by atoms with E-state index in [4.69, 9.17) is 4.99 Å². The number of aliphatic imine (C=N–C) groups is 2. The summed E-state index contributed by atoms with van der Waals surface area (Å²) in [5, 5.41) is 0. The minimum Gasteiger partial charge on any atom is -0.255 e. The minimum absolute atomic E-state index is 0. The molecule has 0 aliphatic carbocycles. The third-order valence-electron chi connectivity index (χ3n) is 6.66. The molecule has 2 rings (SSSR count). The van der Waals surface area contributed by atoms with Crippen LogP contribution in [0.2, 0.25) is 0 Å². The molecule has 0 saturated heterocycles. The standard InChI is InChI=1S/C33H50N2.Pd/c1-3-5-7-8-9-10-11-12-13-14-15-16-18-22-30-23-21-27-32(28-30)35-33(24-6-4-2)29-34-31-25-19-17-20-26-31;/h17,19-21,23,25-29H,3-16,18,22,24H2,1-2H3;. The number of nitrogens with zero attached hydrogens (tertiary/aromatic N) is 2. The molecule has 2 aromatic rings. The molecule has 0 aromatic heterocycles. The van der Waals surface area contributed by atoms with E-state index in [1.165, 1.54) is 89.0 Å². The fourth-order valence-corrected chi connectivity index (χ4v) is 4.46. The number of aryl methyl sites for hydroxylation is 1. The average Bonchev–Trinajstić information content (AvgIpc) is 2.89. The molecule has 0 N–H and O–H groups in total. The van der Waals surface area contributed by atoms with Crippen molar-refractivity contribution in [3.63, 3.8) is 0 Å². The molecule has 0 spiro atoms. The molecule has 0 bridgehead atoms. The first-order valence-corrected chi connectivity index (χ1v) is 14.6. The van der Waals surface area contributed by atoms with E-state index in [0.29, 0.717) is 0 Å². The van der Waals surface area contributed by atoms with Crippen LogP contribution in [0.15, 0.2) is 64.6 Å². The summed E-state index contributed by atoms with van der Waals surface area (Å²) in [6.07, 6.45) is 24.6. The second-order valence-corrected chi connectivity index (χ2v) is 9.96. The molecule has 0 radical (unpaired) electrons. The number of unbranched alkanes of at least 4 members (excludes halogenated alkanes) is 13. The van der Waals surface area contributed by atoms with Crippen molar-refractivity contribution < 1.29 is 20.4 Å². The summed E-state index contributed by atoms with van der Waals surface area (Å²) in [6, 6.07) is 18.9. The summed E-state index contributed by atoms with van der Waals surface area (Å²) in [5.74, 6) is 0. The molecule has 0 aliphatic heterocycles. The van der Waals surface area contributed by atoms with Crippen LogP contribution in [0.4, 0.5) is 11.4 Å². The van der Waals surface area contributed by atoms with Crippen LogP contribution in [0.1, 0.15) is 122 Å². The van der Waals surface area contributed by atoms with E-state index in [0.717, 1.165) is 42.8 Å². The third kappa shape index (κ3) is 16.2. The van der Waals surface area contributed by atoms with Crippen molar-refractivity contribution in [3.8, 4) is 0 Å². The van der Waals surface area contributed by atoms with Gasteiger partial charge in [0.25, 0.3) is 0 Å². The Bertz CT molecular complexity index is 829. The van der Waals surface area contributed by atoms with Gasteiger partial charge < -0.3 is 0 Å². The van der Waals surface area contributed by atoms with Crippen LogP contribution in [0.25, 0.3) is 0 Å². The van der Waals surface area contributed by atoms with Gasteiger partial charge in [-0.3, -0.25) is 9.98 Å². The topological polar surface area (TPSA) is 24.7 Å². The van der Waals surface area contributed by atoms with Crippen LogP contribution < -0.4 is 0 Å². The maximum atomic E-state index is 4.95. The summed E-state index contributed by atoms with van der Waals surface area (Å²) in [5.41, 5.74) is 4.51. The van der Waals surface area contributed by atoms with E-state index in [1.807, 2.05) is 36.5 Å². The van der Waals surface area contributed by atoms with E-state index < -0.39 is 0 Å². The van der Waals surface area contributed by atoms with Gasteiger partial charge in [0.1, 0.15) is 0 Å². The third-order valence-corrected chi connectivity index (χ3v) is 6.66. The zero-order valence-corrected chi connectivity index (χ0v) is 24.6. The van der Waals surface area contributed by atoms with Gasteiger partial charge in [-0.1, -0.05) is 128 Å². The molecule has 36 heavy (non-hydrogen) atoms.